The first-order valence-electron chi connectivity index (χ1n) is 7.65. The highest BCUT2D eigenvalue weighted by Crippen LogP contribution is 2.07. The van der Waals surface area contributed by atoms with E-state index in [2.05, 4.69) is 24.3 Å². The van der Waals surface area contributed by atoms with E-state index in [-0.39, 0.29) is 0 Å². The number of allylic oxidation sites excluding steroid dienone is 6. The van der Waals surface area contributed by atoms with E-state index in [9.17, 15) is 0 Å². The van der Waals surface area contributed by atoms with Crippen LogP contribution in [0.2, 0.25) is 0 Å². The fourth-order valence-electron chi connectivity index (χ4n) is 1.71. The minimum absolute atomic E-state index is 0.632. The van der Waals surface area contributed by atoms with Crippen molar-refractivity contribution < 1.29 is 9.47 Å². The molecule has 0 atom stereocenters. The zero-order valence-corrected chi connectivity index (χ0v) is 13.6. The summed E-state index contributed by atoms with van der Waals surface area (Å²) in [4.78, 5) is 0. The summed E-state index contributed by atoms with van der Waals surface area (Å²) in [6.45, 7) is 6.52. The summed E-state index contributed by atoms with van der Waals surface area (Å²) in [6.07, 6.45) is 16.0. The van der Waals surface area contributed by atoms with Gasteiger partial charge in [0.15, 0.2) is 0 Å². The average molecular weight is 298 g/mol. The Morgan fingerprint density at radius 1 is 0.682 bits per heavy atom. The van der Waals surface area contributed by atoms with Gasteiger partial charge in [-0.05, 0) is 25.0 Å². The third kappa shape index (κ3) is 9.11. The Kier molecular flexibility index (Phi) is 10.6. The molecular formula is C20H26O2. The molecule has 0 aromatic heterocycles. The molecule has 0 heterocycles. The van der Waals surface area contributed by atoms with Crippen molar-refractivity contribution in [2.45, 2.75) is 27.1 Å². The average Bonchev–Trinajstić information content (AvgIpc) is 2.55. The van der Waals surface area contributed by atoms with Gasteiger partial charge in [-0.3, -0.25) is 0 Å². The fourth-order valence-corrected chi connectivity index (χ4v) is 1.71. The molecule has 2 nitrogen and oxygen atoms in total. The third-order valence-electron chi connectivity index (χ3n) is 2.87. The molecule has 2 heteroatoms. The Morgan fingerprint density at radius 2 is 1.09 bits per heavy atom. The van der Waals surface area contributed by atoms with E-state index in [4.69, 9.17) is 9.47 Å². The monoisotopic (exact) mass is 298 g/mol. The van der Waals surface area contributed by atoms with Crippen LogP contribution in [-0.2, 0) is 22.7 Å². The van der Waals surface area contributed by atoms with E-state index in [1.807, 2.05) is 62.5 Å². The van der Waals surface area contributed by atoms with Gasteiger partial charge in [-0.2, -0.15) is 0 Å². The lowest BCUT2D eigenvalue weighted by Gasteiger charge is -2.05. The van der Waals surface area contributed by atoms with Crippen LogP contribution in [0.5, 0.6) is 0 Å². The fraction of sp³-hybridized carbons (Fsp3) is 0.300. The van der Waals surface area contributed by atoms with Gasteiger partial charge < -0.3 is 9.47 Å². The highest BCUT2D eigenvalue weighted by Gasteiger charge is 1.95. The molecule has 0 amide bonds. The molecule has 1 aromatic rings. The van der Waals surface area contributed by atoms with Crippen LogP contribution in [0.3, 0.4) is 0 Å². The minimum atomic E-state index is 0.632. The van der Waals surface area contributed by atoms with Crippen molar-refractivity contribution in [2.24, 2.45) is 0 Å². The summed E-state index contributed by atoms with van der Waals surface area (Å²) in [6, 6.07) is 8.35. The van der Waals surface area contributed by atoms with Crippen molar-refractivity contribution in [2.75, 3.05) is 13.2 Å². The predicted octanol–water partition coefficient (Wildman–Crippen LogP) is 4.98. The zero-order chi connectivity index (χ0) is 15.9. The number of hydrogen-bond acceptors (Lipinski definition) is 2. The lowest BCUT2D eigenvalue weighted by molar-refractivity contribution is 0.146. The summed E-state index contributed by atoms with van der Waals surface area (Å²) in [5.41, 5.74) is 2.35. The Labute approximate surface area is 134 Å². The number of ether oxygens (including phenoxy) is 2. The highest BCUT2D eigenvalue weighted by atomic mass is 16.5. The van der Waals surface area contributed by atoms with Crippen molar-refractivity contribution >= 4 is 0 Å². The molecule has 0 unspecified atom stereocenters. The van der Waals surface area contributed by atoms with Gasteiger partial charge in [0.1, 0.15) is 0 Å². The Morgan fingerprint density at radius 3 is 1.45 bits per heavy atom. The summed E-state index contributed by atoms with van der Waals surface area (Å²) in [5.74, 6) is 0. The van der Waals surface area contributed by atoms with Gasteiger partial charge in [-0.1, -0.05) is 72.9 Å². The van der Waals surface area contributed by atoms with Crippen molar-refractivity contribution in [3.8, 4) is 0 Å². The van der Waals surface area contributed by atoms with Gasteiger partial charge in [0.2, 0.25) is 0 Å². The normalized spacial score (nSPS) is 12.5. The van der Waals surface area contributed by atoms with Crippen LogP contribution in [0.25, 0.3) is 0 Å². The molecule has 0 spiro atoms. The molecule has 0 N–H and O–H groups in total. The molecule has 0 aliphatic carbocycles. The molecule has 22 heavy (non-hydrogen) atoms. The van der Waals surface area contributed by atoms with E-state index in [0.29, 0.717) is 26.4 Å². The van der Waals surface area contributed by atoms with Crippen LogP contribution in [0.4, 0.5) is 0 Å². The Balaban J connectivity index is 2.22. The lowest BCUT2D eigenvalue weighted by atomic mass is 10.1. The van der Waals surface area contributed by atoms with E-state index in [0.717, 1.165) is 0 Å². The first kappa shape index (κ1) is 18.1. The van der Waals surface area contributed by atoms with Crippen LogP contribution in [-0.4, -0.2) is 13.2 Å². The standard InChI is InChI=1S/C20H26O2/c1-3-5-7-9-15-21-17-19-11-13-20(14-12-19)18-22-16-10-8-6-4-2/h3-14H,15-18H2,1-2H3/b5-3+,6-4+,9-7+,10-8+. The van der Waals surface area contributed by atoms with Crippen LogP contribution < -0.4 is 0 Å². The van der Waals surface area contributed by atoms with E-state index in [1.54, 1.807) is 0 Å². The summed E-state index contributed by atoms with van der Waals surface area (Å²) in [7, 11) is 0. The van der Waals surface area contributed by atoms with Gasteiger partial charge in [0.25, 0.3) is 0 Å². The number of rotatable bonds is 10. The van der Waals surface area contributed by atoms with Crippen LogP contribution in [0.15, 0.2) is 72.9 Å². The topological polar surface area (TPSA) is 18.5 Å². The molecule has 1 rings (SSSR count). The Hall–Kier alpha value is -1.90. The lowest BCUT2D eigenvalue weighted by Crippen LogP contribution is -1.95. The second-order valence-electron chi connectivity index (χ2n) is 4.75. The van der Waals surface area contributed by atoms with Crippen molar-refractivity contribution in [1.82, 2.24) is 0 Å². The summed E-state index contributed by atoms with van der Waals surface area (Å²) >= 11 is 0. The first-order chi connectivity index (χ1) is 10.9. The third-order valence-corrected chi connectivity index (χ3v) is 2.87. The van der Waals surface area contributed by atoms with E-state index >= 15 is 0 Å². The summed E-state index contributed by atoms with van der Waals surface area (Å²) in [5, 5.41) is 0. The predicted molar refractivity (Wildman–Crippen MR) is 93.7 cm³/mol. The molecule has 0 aliphatic heterocycles. The van der Waals surface area contributed by atoms with Crippen LogP contribution in [0.1, 0.15) is 25.0 Å². The van der Waals surface area contributed by atoms with Crippen LogP contribution in [0, 0.1) is 0 Å². The zero-order valence-electron chi connectivity index (χ0n) is 13.6. The van der Waals surface area contributed by atoms with Crippen molar-refractivity contribution in [3.63, 3.8) is 0 Å². The van der Waals surface area contributed by atoms with Gasteiger partial charge in [0, 0.05) is 0 Å². The van der Waals surface area contributed by atoms with Crippen LogP contribution >= 0.6 is 0 Å². The molecule has 0 fully saturated rings. The summed E-state index contributed by atoms with van der Waals surface area (Å²) < 4.78 is 11.1. The quantitative estimate of drug-likeness (QED) is 0.448. The molecule has 0 bridgehead atoms. The van der Waals surface area contributed by atoms with Gasteiger partial charge in [-0.25, -0.2) is 0 Å². The molecule has 0 radical (unpaired) electrons. The van der Waals surface area contributed by atoms with Gasteiger partial charge in [0.05, 0.1) is 26.4 Å². The number of benzene rings is 1. The molecule has 0 aliphatic rings. The second-order valence-corrected chi connectivity index (χ2v) is 4.75. The van der Waals surface area contributed by atoms with E-state index in [1.165, 1.54) is 11.1 Å². The first-order valence-corrected chi connectivity index (χ1v) is 7.65. The maximum atomic E-state index is 5.57. The smallest absolute Gasteiger partial charge is 0.0721 e. The minimum Gasteiger partial charge on any atom is -0.373 e. The number of hydrogen-bond donors (Lipinski definition) is 0. The van der Waals surface area contributed by atoms with Gasteiger partial charge >= 0.3 is 0 Å². The van der Waals surface area contributed by atoms with E-state index < -0.39 is 0 Å². The maximum absolute atomic E-state index is 5.57. The molecule has 0 saturated carbocycles. The molecule has 118 valence electrons. The maximum Gasteiger partial charge on any atom is 0.0721 e. The molecule has 1 aromatic carbocycles. The largest absolute Gasteiger partial charge is 0.373 e. The molecule has 0 saturated heterocycles. The SMILES string of the molecule is C/C=C/C=C/COCc1ccc(COC/C=C/C=C/C)cc1. The van der Waals surface area contributed by atoms with Crippen molar-refractivity contribution in [1.29, 1.82) is 0 Å². The Bertz CT molecular complexity index is 446. The molecular weight excluding hydrogens is 272 g/mol. The second kappa shape index (κ2) is 12.8. The van der Waals surface area contributed by atoms with Crippen molar-refractivity contribution in [3.05, 3.63) is 84.0 Å². The van der Waals surface area contributed by atoms with Gasteiger partial charge in [-0.15, -0.1) is 0 Å². The highest BCUT2D eigenvalue weighted by molar-refractivity contribution is 5.21.